The Morgan fingerprint density at radius 1 is 0.393 bits per heavy atom. The molecule has 0 bridgehead atoms. The van der Waals surface area contributed by atoms with Gasteiger partial charge in [-0.15, -0.1) is 0 Å². The first-order chi connectivity index (χ1) is 13.1. The molecule has 0 aliphatic rings. The first-order valence-electron chi connectivity index (χ1n) is 10.0. The van der Waals surface area contributed by atoms with E-state index in [1.807, 2.05) is 19.3 Å². The lowest BCUT2D eigenvalue weighted by molar-refractivity contribution is 1.11. The average molecular weight is 373 g/mol. The Bertz CT molecular complexity index is 1030. The average Bonchev–Trinajstić information content (AvgIpc) is 2.67. The highest BCUT2D eigenvalue weighted by Crippen LogP contribution is 2.42. The van der Waals surface area contributed by atoms with Crippen molar-refractivity contribution in [1.29, 1.82) is 0 Å². The van der Waals surface area contributed by atoms with Gasteiger partial charge in [0.2, 0.25) is 0 Å². The largest absolute Gasteiger partial charge is 0.236 e. The second kappa shape index (κ2) is 7.16. The van der Waals surface area contributed by atoms with Gasteiger partial charge >= 0.3 is 0 Å². The van der Waals surface area contributed by atoms with Crippen LogP contribution in [-0.4, -0.2) is 9.97 Å². The van der Waals surface area contributed by atoms with Gasteiger partial charge in [-0.1, -0.05) is 0 Å². The lowest BCUT2D eigenvalue weighted by atomic mass is 9.79. The van der Waals surface area contributed by atoms with E-state index in [1.165, 1.54) is 66.8 Å². The van der Waals surface area contributed by atoms with E-state index < -0.39 is 0 Å². The SMILES string of the molecule is Cc1cnc(-c2c(C)c(C)c(-c3c(C)c(C)c(C)c(C)c3C)c(C)c2C)nc1. The van der Waals surface area contributed by atoms with Gasteiger partial charge in [-0.05, 0) is 136 Å². The first kappa shape index (κ1) is 20.3. The monoisotopic (exact) mass is 372 g/mol. The summed E-state index contributed by atoms with van der Waals surface area (Å²) in [4.78, 5) is 9.24. The first-order valence-corrected chi connectivity index (χ1v) is 10.0. The van der Waals surface area contributed by atoms with Crippen molar-refractivity contribution in [3.05, 3.63) is 68.0 Å². The minimum absolute atomic E-state index is 0.822. The molecule has 0 amide bonds. The van der Waals surface area contributed by atoms with Crippen LogP contribution in [0.4, 0.5) is 0 Å². The zero-order valence-electron chi connectivity index (χ0n) is 19.0. The molecule has 0 saturated heterocycles. The summed E-state index contributed by atoms with van der Waals surface area (Å²) in [5.41, 5.74) is 17.2. The quantitative estimate of drug-likeness (QED) is 0.489. The third-order valence-electron chi connectivity index (χ3n) is 6.88. The van der Waals surface area contributed by atoms with E-state index in [0.717, 1.165) is 11.4 Å². The Morgan fingerprint density at radius 3 is 1.07 bits per heavy atom. The second-order valence-corrected chi connectivity index (χ2v) is 8.33. The zero-order chi connectivity index (χ0) is 20.9. The topological polar surface area (TPSA) is 25.8 Å². The van der Waals surface area contributed by atoms with Crippen molar-refractivity contribution in [2.24, 2.45) is 0 Å². The Kier molecular flexibility index (Phi) is 5.18. The summed E-state index contributed by atoms with van der Waals surface area (Å²) >= 11 is 0. The maximum atomic E-state index is 4.62. The van der Waals surface area contributed by atoms with E-state index in [-0.39, 0.29) is 0 Å². The molecule has 1 aromatic heterocycles. The molecule has 2 aromatic carbocycles. The third kappa shape index (κ3) is 2.96. The molecule has 1 heterocycles. The minimum atomic E-state index is 0.822. The summed E-state index contributed by atoms with van der Waals surface area (Å²) in [6.45, 7) is 22.2. The molecular formula is C26H32N2. The summed E-state index contributed by atoms with van der Waals surface area (Å²) in [5.74, 6) is 0.822. The molecule has 146 valence electrons. The molecule has 0 aliphatic carbocycles. The van der Waals surface area contributed by atoms with Gasteiger partial charge in [-0.2, -0.15) is 0 Å². The van der Waals surface area contributed by atoms with Crippen molar-refractivity contribution in [1.82, 2.24) is 9.97 Å². The number of rotatable bonds is 2. The van der Waals surface area contributed by atoms with Crippen LogP contribution in [0.1, 0.15) is 55.6 Å². The van der Waals surface area contributed by atoms with Crippen LogP contribution in [0.25, 0.3) is 22.5 Å². The lowest BCUT2D eigenvalue weighted by Gasteiger charge is -2.25. The molecule has 0 N–H and O–H groups in total. The van der Waals surface area contributed by atoms with Crippen molar-refractivity contribution in [3.63, 3.8) is 0 Å². The van der Waals surface area contributed by atoms with Gasteiger partial charge in [0.1, 0.15) is 0 Å². The van der Waals surface area contributed by atoms with Gasteiger partial charge in [0, 0.05) is 18.0 Å². The Balaban J connectivity index is 2.40. The van der Waals surface area contributed by atoms with Crippen LogP contribution in [0, 0.1) is 69.2 Å². The van der Waals surface area contributed by atoms with E-state index in [1.54, 1.807) is 0 Å². The van der Waals surface area contributed by atoms with Crippen LogP contribution >= 0.6 is 0 Å². The van der Waals surface area contributed by atoms with Crippen molar-refractivity contribution >= 4 is 0 Å². The van der Waals surface area contributed by atoms with Crippen LogP contribution in [0.3, 0.4) is 0 Å². The van der Waals surface area contributed by atoms with Gasteiger partial charge in [0.15, 0.2) is 5.82 Å². The molecule has 0 aliphatic heterocycles. The molecule has 2 heteroatoms. The van der Waals surface area contributed by atoms with Gasteiger partial charge < -0.3 is 0 Å². The standard InChI is InChI=1S/C26H32N2/c1-13-11-27-26(28-12-13)25-21(9)19(7)24(20(8)22(25)10)23-17(5)15(3)14(2)16(4)18(23)6/h11-12H,1-10H3. The zero-order valence-corrected chi connectivity index (χ0v) is 19.0. The molecule has 0 fully saturated rings. The van der Waals surface area contributed by atoms with Crippen LogP contribution in [0.2, 0.25) is 0 Å². The van der Waals surface area contributed by atoms with Crippen LogP contribution in [0.5, 0.6) is 0 Å². The van der Waals surface area contributed by atoms with Gasteiger partial charge in [-0.3, -0.25) is 0 Å². The number of hydrogen-bond donors (Lipinski definition) is 0. The lowest BCUT2D eigenvalue weighted by Crippen LogP contribution is -2.06. The molecule has 28 heavy (non-hydrogen) atoms. The third-order valence-corrected chi connectivity index (χ3v) is 6.88. The summed E-state index contributed by atoms with van der Waals surface area (Å²) < 4.78 is 0. The molecule has 0 spiro atoms. The van der Waals surface area contributed by atoms with E-state index in [0.29, 0.717) is 0 Å². The highest BCUT2D eigenvalue weighted by Gasteiger charge is 2.22. The maximum Gasteiger partial charge on any atom is 0.159 e. The Labute approximate surface area is 170 Å². The van der Waals surface area contributed by atoms with Crippen LogP contribution in [0.15, 0.2) is 12.4 Å². The second-order valence-electron chi connectivity index (χ2n) is 8.33. The molecule has 3 aromatic rings. The Morgan fingerprint density at radius 2 is 0.679 bits per heavy atom. The number of aromatic nitrogens is 2. The molecule has 2 nitrogen and oxygen atoms in total. The molecule has 3 rings (SSSR count). The summed E-state index contributed by atoms with van der Waals surface area (Å²) in [6.07, 6.45) is 3.81. The van der Waals surface area contributed by atoms with Gasteiger partial charge in [0.25, 0.3) is 0 Å². The number of benzene rings is 2. The van der Waals surface area contributed by atoms with Crippen LogP contribution < -0.4 is 0 Å². The fourth-order valence-electron chi connectivity index (χ4n) is 4.42. The minimum Gasteiger partial charge on any atom is -0.236 e. The van der Waals surface area contributed by atoms with Gasteiger partial charge in [0.05, 0.1) is 0 Å². The van der Waals surface area contributed by atoms with Gasteiger partial charge in [-0.25, -0.2) is 9.97 Å². The fraction of sp³-hybridized carbons (Fsp3) is 0.385. The predicted molar refractivity (Wildman–Crippen MR) is 120 cm³/mol. The number of hydrogen-bond acceptors (Lipinski definition) is 2. The van der Waals surface area contributed by atoms with E-state index >= 15 is 0 Å². The van der Waals surface area contributed by atoms with Crippen molar-refractivity contribution in [3.8, 4) is 22.5 Å². The highest BCUT2D eigenvalue weighted by atomic mass is 14.9. The van der Waals surface area contributed by atoms with Crippen molar-refractivity contribution in [2.75, 3.05) is 0 Å². The summed E-state index contributed by atoms with van der Waals surface area (Å²) in [6, 6.07) is 0. The van der Waals surface area contributed by atoms with Crippen molar-refractivity contribution in [2.45, 2.75) is 69.2 Å². The molecule has 0 radical (unpaired) electrons. The summed E-state index contributed by atoms with van der Waals surface area (Å²) in [7, 11) is 0. The van der Waals surface area contributed by atoms with Crippen LogP contribution in [-0.2, 0) is 0 Å². The number of aryl methyl sites for hydroxylation is 1. The van der Waals surface area contributed by atoms with E-state index in [9.17, 15) is 0 Å². The normalized spacial score (nSPS) is 11.2. The molecule has 0 saturated carbocycles. The molecule has 0 unspecified atom stereocenters. The number of nitrogens with zero attached hydrogens (tertiary/aromatic N) is 2. The summed E-state index contributed by atoms with van der Waals surface area (Å²) in [5, 5.41) is 0. The van der Waals surface area contributed by atoms with E-state index in [2.05, 4.69) is 72.3 Å². The fourth-order valence-corrected chi connectivity index (χ4v) is 4.42. The van der Waals surface area contributed by atoms with E-state index in [4.69, 9.17) is 0 Å². The maximum absolute atomic E-state index is 4.62. The predicted octanol–water partition coefficient (Wildman–Crippen LogP) is 6.89. The smallest absolute Gasteiger partial charge is 0.159 e. The Hall–Kier alpha value is -2.48. The highest BCUT2D eigenvalue weighted by molar-refractivity contribution is 5.85. The van der Waals surface area contributed by atoms with Crippen molar-refractivity contribution < 1.29 is 0 Å². The molecule has 0 atom stereocenters. The molecular weight excluding hydrogens is 340 g/mol.